The van der Waals surface area contributed by atoms with Crippen LogP contribution in [0, 0.1) is 0 Å². The van der Waals surface area contributed by atoms with Gasteiger partial charge in [0.15, 0.2) is 9.84 Å². The van der Waals surface area contributed by atoms with Crippen LogP contribution in [-0.4, -0.2) is 64.9 Å². The lowest BCUT2D eigenvalue weighted by atomic mass is 10.0. The Morgan fingerprint density at radius 2 is 1.60 bits per heavy atom. The van der Waals surface area contributed by atoms with E-state index in [9.17, 15) is 8.42 Å². The Morgan fingerprint density at radius 1 is 1.00 bits per heavy atom. The van der Waals surface area contributed by atoms with Crippen molar-refractivity contribution < 1.29 is 17.9 Å². The van der Waals surface area contributed by atoms with Gasteiger partial charge in [0.05, 0.1) is 24.7 Å². The summed E-state index contributed by atoms with van der Waals surface area (Å²) >= 11 is 0. The smallest absolute Gasteiger partial charge is 0.175 e. The molecule has 0 aliphatic carbocycles. The lowest BCUT2D eigenvalue weighted by Gasteiger charge is -2.37. The monoisotopic (exact) mass is 432 g/mol. The van der Waals surface area contributed by atoms with Crippen molar-refractivity contribution in [2.75, 3.05) is 40.6 Å². The van der Waals surface area contributed by atoms with Crippen molar-refractivity contribution in [3.63, 3.8) is 0 Å². The molecule has 1 heterocycles. The standard InChI is InChI=1S/C23H32N2O4S/c1-24(16-18-8-5-6-11-23(18)30(4,26)27)19-12-14-25(15-13-19)17-20-21(28-2)9-7-10-22(20)29-3/h5-11,19H,12-17H2,1-4H3. The predicted octanol–water partition coefficient (Wildman–Crippen LogP) is 3.20. The fourth-order valence-corrected chi connectivity index (χ4v) is 5.15. The van der Waals surface area contributed by atoms with Crippen molar-refractivity contribution in [3.8, 4) is 11.5 Å². The third-order valence-corrected chi connectivity index (χ3v) is 7.08. The van der Waals surface area contributed by atoms with Crippen LogP contribution in [0.3, 0.4) is 0 Å². The molecule has 3 rings (SSSR count). The van der Waals surface area contributed by atoms with Crippen molar-refractivity contribution in [3.05, 3.63) is 53.6 Å². The molecule has 0 amide bonds. The van der Waals surface area contributed by atoms with Gasteiger partial charge >= 0.3 is 0 Å². The van der Waals surface area contributed by atoms with Gasteiger partial charge in [-0.1, -0.05) is 24.3 Å². The minimum Gasteiger partial charge on any atom is -0.496 e. The Morgan fingerprint density at radius 3 is 2.17 bits per heavy atom. The number of piperidine rings is 1. The van der Waals surface area contributed by atoms with Crippen molar-refractivity contribution in [2.45, 2.75) is 36.9 Å². The molecule has 1 saturated heterocycles. The molecular formula is C23H32N2O4S. The van der Waals surface area contributed by atoms with Gasteiger partial charge in [0.2, 0.25) is 0 Å². The molecule has 0 atom stereocenters. The summed E-state index contributed by atoms with van der Waals surface area (Å²) in [4.78, 5) is 5.14. The highest BCUT2D eigenvalue weighted by Gasteiger charge is 2.25. The summed E-state index contributed by atoms with van der Waals surface area (Å²) in [6.07, 6.45) is 3.35. The second-order valence-electron chi connectivity index (χ2n) is 7.94. The van der Waals surface area contributed by atoms with Gasteiger partial charge in [0.25, 0.3) is 0 Å². The van der Waals surface area contributed by atoms with Gasteiger partial charge in [-0.15, -0.1) is 0 Å². The Hall–Kier alpha value is -2.09. The highest BCUT2D eigenvalue weighted by atomic mass is 32.2. The maximum atomic E-state index is 12.1. The Labute approximate surface area is 180 Å². The summed E-state index contributed by atoms with van der Waals surface area (Å²) in [5.74, 6) is 1.71. The second-order valence-corrected chi connectivity index (χ2v) is 9.93. The molecule has 164 valence electrons. The van der Waals surface area contributed by atoms with Gasteiger partial charge < -0.3 is 9.47 Å². The predicted molar refractivity (Wildman–Crippen MR) is 119 cm³/mol. The van der Waals surface area contributed by atoms with Gasteiger partial charge in [-0.25, -0.2) is 8.42 Å². The van der Waals surface area contributed by atoms with Crippen LogP contribution in [0.5, 0.6) is 11.5 Å². The number of methoxy groups -OCH3 is 2. The third-order valence-electron chi connectivity index (χ3n) is 5.88. The number of nitrogens with zero attached hydrogens (tertiary/aromatic N) is 2. The second kappa shape index (κ2) is 9.81. The van der Waals surface area contributed by atoms with E-state index in [-0.39, 0.29) is 0 Å². The van der Waals surface area contributed by atoms with Gasteiger partial charge in [0, 0.05) is 25.4 Å². The third kappa shape index (κ3) is 5.33. The molecule has 30 heavy (non-hydrogen) atoms. The van der Waals surface area contributed by atoms with Crippen LogP contribution in [0.25, 0.3) is 0 Å². The van der Waals surface area contributed by atoms with Crippen LogP contribution in [0.15, 0.2) is 47.4 Å². The maximum Gasteiger partial charge on any atom is 0.175 e. The zero-order valence-corrected chi connectivity index (χ0v) is 19.1. The van der Waals surface area contributed by atoms with Crippen LogP contribution in [0.1, 0.15) is 24.0 Å². The average Bonchev–Trinajstić information content (AvgIpc) is 2.74. The number of hydrogen-bond acceptors (Lipinski definition) is 6. The van der Waals surface area contributed by atoms with E-state index < -0.39 is 9.84 Å². The number of sulfone groups is 1. The Balaban J connectivity index is 1.62. The van der Waals surface area contributed by atoms with Crippen molar-refractivity contribution in [1.82, 2.24) is 9.80 Å². The summed E-state index contributed by atoms with van der Waals surface area (Å²) in [6, 6.07) is 13.6. The first kappa shape index (κ1) is 22.6. The van der Waals surface area contributed by atoms with Crippen molar-refractivity contribution >= 4 is 9.84 Å². The van der Waals surface area contributed by atoms with Crippen LogP contribution in [0.4, 0.5) is 0 Å². The van der Waals surface area contributed by atoms with E-state index in [0.29, 0.717) is 17.5 Å². The van der Waals surface area contributed by atoms with Crippen LogP contribution < -0.4 is 9.47 Å². The first-order chi connectivity index (χ1) is 14.3. The lowest BCUT2D eigenvalue weighted by Crippen LogP contribution is -2.42. The zero-order valence-electron chi connectivity index (χ0n) is 18.3. The normalized spacial score (nSPS) is 16.0. The first-order valence-corrected chi connectivity index (χ1v) is 12.1. The largest absolute Gasteiger partial charge is 0.496 e. The van der Waals surface area contributed by atoms with Crippen LogP contribution in [0.2, 0.25) is 0 Å². The van der Waals surface area contributed by atoms with E-state index in [1.54, 1.807) is 26.4 Å². The molecule has 0 saturated carbocycles. The summed E-state index contributed by atoms with van der Waals surface area (Å²) in [6.45, 7) is 3.38. The molecule has 0 aromatic heterocycles. The number of ether oxygens (including phenoxy) is 2. The van der Waals surface area contributed by atoms with E-state index >= 15 is 0 Å². The average molecular weight is 433 g/mol. The SMILES string of the molecule is COc1cccc(OC)c1CN1CCC(N(C)Cc2ccccc2S(C)(=O)=O)CC1. The topological polar surface area (TPSA) is 59.1 Å². The molecule has 7 heteroatoms. The molecule has 1 aliphatic heterocycles. The molecule has 0 spiro atoms. The number of benzene rings is 2. The Kier molecular flexibility index (Phi) is 7.39. The van der Waals surface area contributed by atoms with Gasteiger partial charge in [-0.2, -0.15) is 0 Å². The Bertz CT molecular complexity index is 931. The van der Waals surface area contributed by atoms with Gasteiger partial charge in [-0.3, -0.25) is 9.80 Å². The number of rotatable bonds is 8. The first-order valence-electron chi connectivity index (χ1n) is 10.2. The molecule has 2 aromatic carbocycles. The molecule has 0 N–H and O–H groups in total. The van der Waals surface area contributed by atoms with Crippen molar-refractivity contribution in [1.29, 1.82) is 0 Å². The van der Waals surface area contributed by atoms with Gasteiger partial charge in [-0.05, 0) is 56.7 Å². The molecule has 0 unspecified atom stereocenters. The molecule has 0 bridgehead atoms. The van der Waals surface area contributed by atoms with Gasteiger partial charge in [0.1, 0.15) is 11.5 Å². The van der Waals surface area contributed by atoms with Crippen molar-refractivity contribution in [2.24, 2.45) is 0 Å². The molecular weight excluding hydrogens is 400 g/mol. The van der Waals surface area contributed by atoms with E-state index in [2.05, 4.69) is 16.8 Å². The van der Waals surface area contributed by atoms with E-state index in [1.165, 1.54) is 6.26 Å². The minimum absolute atomic E-state index is 0.424. The van der Waals surface area contributed by atoms with E-state index in [1.807, 2.05) is 30.3 Å². The quantitative estimate of drug-likeness (QED) is 0.639. The molecule has 2 aromatic rings. The van der Waals surface area contributed by atoms with Crippen LogP contribution >= 0.6 is 0 Å². The fourth-order valence-electron chi connectivity index (χ4n) is 4.22. The highest BCUT2D eigenvalue weighted by Crippen LogP contribution is 2.31. The van der Waals surface area contributed by atoms with E-state index in [0.717, 1.165) is 55.1 Å². The molecule has 1 aliphatic rings. The zero-order chi connectivity index (χ0) is 21.7. The summed E-state index contributed by atoms with van der Waals surface area (Å²) < 4.78 is 35.2. The van der Waals surface area contributed by atoms with Crippen LogP contribution in [-0.2, 0) is 22.9 Å². The maximum absolute atomic E-state index is 12.1. The minimum atomic E-state index is -3.23. The fraction of sp³-hybridized carbons (Fsp3) is 0.478. The molecule has 0 radical (unpaired) electrons. The summed E-state index contributed by atoms with van der Waals surface area (Å²) in [7, 11) is 2.24. The molecule has 1 fully saturated rings. The number of hydrogen-bond donors (Lipinski definition) is 0. The summed E-state index contributed by atoms with van der Waals surface area (Å²) in [5.41, 5.74) is 1.94. The molecule has 6 nitrogen and oxygen atoms in total. The lowest BCUT2D eigenvalue weighted by molar-refractivity contribution is 0.117. The summed E-state index contributed by atoms with van der Waals surface area (Å²) in [5, 5.41) is 0. The van der Waals surface area contributed by atoms with E-state index in [4.69, 9.17) is 9.47 Å². The highest BCUT2D eigenvalue weighted by molar-refractivity contribution is 7.90. The number of likely N-dealkylation sites (tertiary alicyclic amines) is 1.